The van der Waals surface area contributed by atoms with E-state index in [1.165, 1.54) is 42.9 Å². The first-order valence-corrected chi connectivity index (χ1v) is 9.56. The van der Waals surface area contributed by atoms with Crippen molar-refractivity contribution in [2.24, 2.45) is 0 Å². The molecule has 0 saturated carbocycles. The fourth-order valence-electron chi connectivity index (χ4n) is 3.22. The maximum Gasteiger partial charge on any atom is 0.320 e. The molecule has 164 valence electrons. The van der Waals surface area contributed by atoms with Crippen molar-refractivity contribution in [2.75, 3.05) is 21.3 Å². The number of hydrogen-bond acceptors (Lipinski definition) is 8. The van der Waals surface area contributed by atoms with Gasteiger partial charge in [-0.15, -0.1) is 0 Å². The molecule has 0 unspecified atom stereocenters. The first-order valence-electron chi connectivity index (χ1n) is 9.56. The second kappa shape index (κ2) is 8.80. The molecule has 2 aromatic carbocycles. The Morgan fingerprint density at radius 2 is 1.59 bits per heavy atom. The van der Waals surface area contributed by atoms with Gasteiger partial charge in [-0.2, -0.15) is 4.98 Å². The van der Waals surface area contributed by atoms with Gasteiger partial charge >= 0.3 is 11.1 Å². The summed E-state index contributed by atoms with van der Waals surface area (Å²) >= 11 is 0. The highest BCUT2D eigenvalue weighted by molar-refractivity contribution is 5.66. The Labute approximate surface area is 182 Å². The lowest BCUT2D eigenvalue weighted by atomic mass is 10.1. The standard InChI is InChI=1S/C22H20N4O6/c1-29-16-11-14(12-17(30-2)19(16)31-3)20-23-18(32-24-20)13-25-9-10-26(22(28)21(25)27)15-7-5-4-6-8-15/h4-12H,13H2,1-3H3. The van der Waals surface area contributed by atoms with Crippen molar-refractivity contribution in [3.05, 3.63) is 81.5 Å². The minimum Gasteiger partial charge on any atom is -0.493 e. The van der Waals surface area contributed by atoms with Gasteiger partial charge in [0.1, 0.15) is 6.54 Å². The zero-order chi connectivity index (χ0) is 22.7. The molecule has 32 heavy (non-hydrogen) atoms. The Kier molecular flexibility index (Phi) is 5.75. The van der Waals surface area contributed by atoms with E-state index in [9.17, 15) is 9.59 Å². The lowest BCUT2D eigenvalue weighted by molar-refractivity contribution is 0.324. The Morgan fingerprint density at radius 3 is 2.22 bits per heavy atom. The second-order valence-electron chi connectivity index (χ2n) is 6.67. The summed E-state index contributed by atoms with van der Waals surface area (Å²) in [6.07, 6.45) is 3.02. The van der Waals surface area contributed by atoms with Crippen LogP contribution in [0.25, 0.3) is 17.1 Å². The zero-order valence-electron chi connectivity index (χ0n) is 17.6. The molecule has 0 atom stereocenters. The van der Waals surface area contributed by atoms with E-state index in [0.717, 1.165) is 0 Å². The van der Waals surface area contributed by atoms with Crippen LogP contribution in [0.3, 0.4) is 0 Å². The van der Waals surface area contributed by atoms with Gasteiger partial charge in [-0.1, -0.05) is 23.4 Å². The average Bonchev–Trinajstić information content (AvgIpc) is 3.30. The second-order valence-corrected chi connectivity index (χ2v) is 6.67. The van der Waals surface area contributed by atoms with E-state index in [2.05, 4.69) is 10.1 Å². The van der Waals surface area contributed by atoms with E-state index in [0.29, 0.717) is 28.5 Å². The van der Waals surface area contributed by atoms with Gasteiger partial charge in [0.25, 0.3) is 0 Å². The SMILES string of the molecule is COc1cc(-c2noc(Cn3ccn(-c4ccccc4)c(=O)c3=O)n2)cc(OC)c1OC. The maximum absolute atomic E-state index is 12.6. The topological polar surface area (TPSA) is 111 Å². The van der Waals surface area contributed by atoms with Crippen LogP contribution in [0.1, 0.15) is 5.89 Å². The number of rotatable bonds is 7. The van der Waals surface area contributed by atoms with Crippen LogP contribution >= 0.6 is 0 Å². The quantitative estimate of drug-likeness (QED) is 0.405. The fraction of sp³-hybridized carbons (Fsp3) is 0.182. The van der Waals surface area contributed by atoms with Crippen molar-refractivity contribution in [3.63, 3.8) is 0 Å². The van der Waals surface area contributed by atoms with Crippen molar-refractivity contribution >= 4 is 0 Å². The van der Waals surface area contributed by atoms with Crippen LogP contribution in [0.15, 0.2) is 69.0 Å². The van der Waals surface area contributed by atoms with E-state index in [4.69, 9.17) is 18.7 Å². The molecule has 0 aliphatic heterocycles. The minimum absolute atomic E-state index is 0.0544. The number of methoxy groups -OCH3 is 3. The predicted octanol–water partition coefficient (Wildman–Crippen LogP) is 2.12. The normalized spacial score (nSPS) is 10.7. The highest BCUT2D eigenvalue weighted by Gasteiger charge is 2.18. The van der Waals surface area contributed by atoms with Crippen molar-refractivity contribution in [1.82, 2.24) is 19.3 Å². The van der Waals surface area contributed by atoms with E-state index < -0.39 is 11.1 Å². The third-order valence-corrected chi connectivity index (χ3v) is 4.79. The van der Waals surface area contributed by atoms with Crippen LogP contribution < -0.4 is 25.3 Å². The Morgan fingerprint density at radius 1 is 0.906 bits per heavy atom. The molecule has 0 saturated heterocycles. The van der Waals surface area contributed by atoms with Crippen molar-refractivity contribution < 1.29 is 18.7 Å². The summed E-state index contributed by atoms with van der Waals surface area (Å²) < 4.78 is 23.8. The molecule has 0 fully saturated rings. The van der Waals surface area contributed by atoms with E-state index in [1.807, 2.05) is 6.07 Å². The first-order chi connectivity index (χ1) is 15.5. The Hall–Kier alpha value is -4.34. The van der Waals surface area contributed by atoms with Gasteiger partial charge in [0, 0.05) is 23.6 Å². The van der Waals surface area contributed by atoms with Gasteiger partial charge in [-0.3, -0.25) is 18.7 Å². The molecule has 10 heteroatoms. The third-order valence-electron chi connectivity index (χ3n) is 4.79. The van der Waals surface area contributed by atoms with Gasteiger partial charge in [-0.05, 0) is 24.3 Å². The summed E-state index contributed by atoms with van der Waals surface area (Å²) in [6.45, 7) is -0.0544. The first kappa shape index (κ1) is 20.9. The van der Waals surface area contributed by atoms with E-state index in [-0.39, 0.29) is 18.3 Å². The van der Waals surface area contributed by atoms with E-state index in [1.54, 1.807) is 36.4 Å². The molecular formula is C22H20N4O6. The molecule has 0 N–H and O–H groups in total. The van der Waals surface area contributed by atoms with Gasteiger partial charge in [0.05, 0.1) is 21.3 Å². The number of para-hydroxylation sites is 1. The molecule has 4 aromatic rings. The van der Waals surface area contributed by atoms with Gasteiger partial charge < -0.3 is 18.7 Å². The van der Waals surface area contributed by atoms with Crippen LogP contribution in [-0.2, 0) is 6.54 Å². The molecule has 0 amide bonds. The lowest BCUT2D eigenvalue weighted by Gasteiger charge is -2.12. The fourth-order valence-corrected chi connectivity index (χ4v) is 3.22. The monoisotopic (exact) mass is 436 g/mol. The van der Waals surface area contributed by atoms with Crippen molar-refractivity contribution in [1.29, 1.82) is 0 Å². The Bertz CT molecular complexity index is 1330. The van der Waals surface area contributed by atoms with E-state index >= 15 is 0 Å². The number of ether oxygens (including phenoxy) is 3. The molecular weight excluding hydrogens is 416 g/mol. The summed E-state index contributed by atoms with van der Waals surface area (Å²) in [5.74, 6) is 1.74. The summed E-state index contributed by atoms with van der Waals surface area (Å²) in [5.41, 5.74) is -0.211. The zero-order valence-corrected chi connectivity index (χ0v) is 17.6. The van der Waals surface area contributed by atoms with Crippen molar-refractivity contribution in [2.45, 2.75) is 6.54 Å². The summed E-state index contributed by atoms with van der Waals surface area (Å²) in [6, 6.07) is 12.3. The molecule has 2 heterocycles. The van der Waals surface area contributed by atoms with Crippen LogP contribution in [0.5, 0.6) is 17.2 Å². The number of nitrogens with zero attached hydrogens (tertiary/aromatic N) is 4. The number of aromatic nitrogens is 4. The number of benzene rings is 2. The lowest BCUT2D eigenvalue weighted by Crippen LogP contribution is -2.40. The van der Waals surface area contributed by atoms with Crippen molar-refractivity contribution in [3.8, 4) is 34.3 Å². The molecule has 2 aromatic heterocycles. The largest absolute Gasteiger partial charge is 0.493 e. The Balaban J connectivity index is 1.64. The average molecular weight is 436 g/mol. The van der Waals surface area contributed by atoms with Crippen LogP contribution in [0.4, 0.5) is 0 Å². The maximum atomic E-state index is 12.6. The van der Waals surface area contributed by atoms with Crippen LogP contribution in [-0.4, -0.2) is 40.6 Å². The smallest absolute Gasteiger partial charge is 0.320 e. The highest BCUT2D eigenvalue weighted by Crippen LogP contribution is 2.40. The predicted molar refractivity (Wildman–Crippen MR) is 115 cm³/mol. The highest BCUT2D eigenvalue weighted by atomic mass is 16.5. The molecule has 0 radical (unpaired) electrons. The molecule has 0 aliphatic rings. The van der Waals surface area contributed by atoms with Gasteiger partial charge in [-0.25, -0.2) is 0 Å². The third kappa shape index (κ3) is 3.85. The molecule has 0 bridgehead atoms. The molecule has 0 aliphatic carbocycles. The molecule has 0 spiro atoms. The summed E-state index contributed by atoms with van der Waals surface area (Å²) in [7, 11) is 4.52. The summed E-state index contributed by atoms with van der Waals surface area (Å²) in [4.78, 5) is 29.4. The van der Waals surface area contributed by atoms with Crippen LogP contribution in [0, 0.1) is 0 Å². The summed E-state index contributed by atoms with van der Waals surface area (Å²) in [5, 5.41) is 3.97. The molecule has 10 nitrogen and oxygen atoms in total. The van der Waals surface area contributed by atoms with Crippen LogP contribution in [0.2, 0.25) is 0 Å². The molecule has 4 rings (SSSR count). The number of hydrogen-bond donors (Lipinski definition) is 0. The van der Waals surface area contributed by atoms with Gasteiger partial charge in [0.15, 0.2) is 11.5 Å². The minimum atomic E-state index is -0.705. The van der Waals surface area contributed by atoms with Gasteiger partial charge in [0.2, 0.25) is 17.5 Å².